The van der Waals surface area contributed by atoms with Gasteiger partial charge in [-0.25, -0.2) is 9.13 Å². The highest BCUT2D eigenvalue weighted by atomic mass is 31.2. The first kappa shape index (κ1) is 101. The minimum absolute atomic E-state index is 0.109. The van der Waals surface area contributed by atoms with Crippen molar-refractivity contribution in [2.45, 2.75) is 470 Å². The van der Waals surface area contributed by atoms with Crippen LogP contribution in [0.25, 0.3) is 0 Å². The zero-order chi connectivity index (χ0) is 75.5. The molecule has 0 saturated heterocycles. The van der Waals surface area contributed by atoms with Gasteiger partial charge in [0.25, 0.3) is 0 Å². The Balaban J connectivity index is 5.25. The lowest BCUT2D eigenvalue weighted by atomic mass is 10.0. The highest BCUT2D eigenvalue weighted by Gasteiger charge is 2.30. The molecule has 3 N–H and O–H groups in total. The molecule has 0 fully saturated rings. The topological polar surface area (TPSA) is 237 Å². The fraction of sp³-hybridized carbons (Fsp3) is 0.952. The van der Waals surface area contributed by atoms with Crippen LogP contribution in [0.15, 0.2) is 0 Å². The van der Waals surface area contributed by atoms with Crippen LogP contribution in [0.2, 0.25) is 0 Å². The van der Waals surface area contributed by atoms with Crippen molar-refractivity contribution >= 4 is 39.5 Å². The van der Waals surface area contributed by atoms with Crippen LogP contribution in [-0.2, 0) is 65.4 Å². The molecule has 0 aromatic heterocycles. The van der Waals surface area contributed by atoms with Crippen LogP contribution in [0.3, 0.4) is 0 Å². The number of hydrogen-bond acceptors (Lipinski definition) is 15. The fourth-order valence-electron chi connectivity index (χ4n) is 13.1. The number of phosphoric acid groups is 2. The van der Waals surface area contributed by atoms with Gasteiger partial charge in [-0.15, -0.1) is 0 Å². The van der Waals surface area contributed by atoms with Gasteiger partial charge in [-0.05, 0) is 31.6 Å². The van der Waals surface area contributed by atoms with E-state index in [1.807, 2.05) is 0 Å². The van der Waals surface area contributed by atoms with E-state index in [2.05, 4.69) is 34.6 Å². The van der Waals surface area contributed by atoms with Crippen LogP contribution in [0.1, 0.15) is 452 Å². The Morgan fingerprint density at radius 1 is 0.262 bits per heavy atom. The van der Waals surface area contributed by atoms with Gasteiger partial charge in [0.15, 0.2) is 12.2 Å². The lowest BCUT2D eigenvalue weighted by molar-refractivity contribution is -0.161. The van der Waals surface area contributed by atoms with Crippen molar-refractivity contribution in [3.05, 3.63) is 0 Å². The van der Waals surface area contributed by atoms with Crippen LogP contribution in [0.5, 0.6) is 0 Å². The average molecular weight is 1510 g/mol. The average Bonchev–Trinajstić information content (AvgIpc) is 0.909. The summed E-state index contributed by atoms with van der Waals surface area (Å²) < 4.78 is 68.9. The SMILES string of the molecule is CCCCCCCCCCCCCCCCCCCCCC(=O)O[C@H](COC(=O)CCCCCCCCCCCCCCCCCC(C)C)COP(=O)(O)OC[C@@H](O)COP(=O)(O)OC[C@@H](COC(=O)CCCCCCCCCCCCCC)OC(=O)CCCCCCCCCCCCCCCC. The summed E-state index contributed by atoms with van der Waals surface area (Å²) in [6.07, 6.45) is 69.3. The molecule has 0 aliphatic heterocycles. The Kier molecular flexibility index (Phi) is 75.4. The van der Waals surface area contributed by atoms with E-state index in [-0.39, 0.29) is 25.7 Å². The predicted octanol–water partition coefficient (Wildman–Crippen LogP) is 25.6. The summed E-state index contributed by atoms with van der Waals surface area (Å²) in [7, 11) is -9.92. The van der Waals surface area contributed by atoms with Gasteiger partial charge in [0.1, 0.15) is 19.3 Å². The van der Waals surface area contributed by atoms with Crippen LogP contribution >= 0.6 is 15.6 Å². The maximum atomic E-state index is 13.1. The Hall–Kier alpha value is -1.94. The standard InChI is InChI=1S/C84H164O17P2/c1-6-9-12-15-18-21-24-27-29-30-31-32-35-40-45-50-55-60-65-70-84(89)101-80(74-95-82(87)68-63-58-53-48-43-39-36-33-34-37-41-46-51-56-61-66-77(4)5)76-99-103(92,93)97-72-78(85)71-96-102(90,91)98-75-79(73-94-81(86)67-62-57-52-47-42-26-23-20-17-14-11-8-3)100-83(88)69-64-59-54-49-44-38-28-25-22-19-16-13-10-7-2/h77-80,85H,6-76H2,1-5H3,(H,90,91)(H,92,93)/t78-,79+,80+/m0/s1. The molecule has 612 valence electrons. The van der Waals surface area contributed by atoms with Gasteiger partial charge >= 0.3 is 39.5 Å². The predicted molar refractivity (Wildman–Crippen MR) is 423 cm³/mol. The Bertz CT molecular complexity index is 1960. The van der Waals surface area contributed by atoms with E-state index in [1.165, 1.54) is 276 Å². The molecule has 17 nitrogen and oxygen atoms in total. The summed E-state index contributed by atoms with van der Waals surface area (Å²) in [5.41, 5.74) is 0. The van der Waals surface area contributed by atoms with Crippen molar-refractivity contribution < 1.29 is 80.2 Å². The second-order valence-corrected chi connectivity index (χ2v) is 33.6. The molecule has 0 heterocycles. The maximum absolute atomic E-state index is 13.1. The third-order valence-electron chi connectivity index (χ3n) is 19.8. The van der Waals surface area contributed by atoms with Gasteiger partial charge in [-0.3, -0.25) is 37.3 Å². The molecular formula is C84H164O17P2. The summed E-state index contributed by atoms with van der Waals surface area (Å²) in [6.45, 7) is 7.39. The van der Waals surface area contributed by atoms with E-state index < -0.39 is 97.5 Å². The molecule has 0 aromatic carbocycles. The normalized spacial score (nSPS) is 13.8. The van der Waals surface area contributed by atoms with E-state index in [1.54, 1.807) is 0 Å². The molecule has 0 radical (unpaired) electrons. The summed E-state index contributed by atoms with van der Waals surface area (Å²) >= 11 is 0. The van der Waals surface area contributed by atoms with Crippen molar-refractivity contribution in [2.24, 2.45) is 5.92 Å². The van der Waals surface area contributed by atoms with Gasteiger partial charge in [-0.2, -0.15) is 0 Å². The Morgan fingerprint density at radius 3 is 0.660 bits per heavy atom. The van der Waals surface area contributed by atoms with E-state index in [0.29, 0.717) is 25.7 Å². The largest absolute Gasteiger partial charge is 0.472 e. The van der Waals surface area contributed by atoms with E-state index >= 15 is 0 Å². The number of unbranched alkanes of at least 4 members (excludes halogenated alkanes) is 56. The van der Waals surface area contributed by atoms with Crippen molar-refractivity contribution in [3.8, 4) is 0 Å². The number of rotatable bonds is 84. The summed E-state index contributed by atoms with van der Waals surface area (Å²) in [4.78, 5) is 73.2. The first-order valence-electron chi connectivity index (χ1n) is 43.6. The molecule has 0 amide bonds. The van der Waals surface area contributed by atoms with Gasteiger partial charge in [0.05, 0.1) is 26.4 Å². The smallest absolute Gasteiger partial charge is 0.462 e. The summed E-state index contributed by atoms with van der Waals surface area (Å²) in [6, 6.07) is 0. The number of ether oxygens (including phenoxy) is 4. The number of aliphatic hydroxyl groups excluding tert-OH is 1. The quantitative estimate of drug-likeness (QED) is 0.0222. The Morgan fingerprint density at radius 2 is 0.447 bits per heavy atom. The highest BCUT2D eigenvalue weighted by molar-refractivity contribution is 7.47. The highest BCUT2D eigenvalue weighted by Crippen LogP contribution is 2.45. The lowest BCUT2D eigenvalue weighted by Gasteiger charge is -2.21. The molecule has 5 atom stereocenters. The zero-order valence-corrected chi connectivity index (χ0v) is 69.3. The van der Waals surface area contributed by atoms with E-state index in [0.717, 1.165) is 95.8 Å². The molecule has 0 rings (SSSR count). The number of aliphatic hydroxyl groups is 1. The van der Waals surface area contributed by atoms with Crippen LogP contribution in [-0.4, -0.2) is 96.7 Å². The molecule has 2 unspecified atom stereocenters. The van der Waals surface area contributed by atoms with Gasteiger partial charge in [-0.1, -0.05) is 401 Å². The second-order valence-electron chi connectivity index (χ2n) is 30.7. The number of phosphoric ester groups is 2. The molecule has 0 aliphatic carbocycles. The minimum Gasteiger partial charge on any atom is -0.462 e. The number of hydrogen-bond donors (Lipinski definition) is 3. The monoisotopic (exact) mass is 1510 g/mol. The lowest BCUT2D eigenvalue weighted by Crippen LogP contribution is -2.30. The number of carbonyl (C=O) groups excluding carboxylic acids is 4. The minimum atomic E-state index is -4.96. The van der Waals surface area contributed by atoms with Crippen molar-refractivity contribution in [1.82, 2.24) is 0 Å². The first-order valence-corrected chi connectivity index (χ1v) is 46.6. The van der Waals surface area contributed by atoms with Crippen LogP contribution in [0.4, 0.5) is 0 Å². The van der Waals surface area contributed by atoms with Gasteiger partial charge in [0, 0.05) is 25.7 Å². The molecule has 0 aliphatic rings. The molecule has 0 aromatic rings. The fourth-order valence-corrected chi connectivity index (χ4v) is 14.7. The van der Waals surface area contributed by atoms with Crippen LogP contribution in [0, 0.1) is 5.92 Å². The Labute approximate surface area is 632 Å². The summed E-state index contributed by atoms with van der Waals surface area (Å²) in [5, 5.41) is 10.7. The molecule has 0 saturated carbocycles. The molecule has 0 spiro atoms. The molecular weight excluding hydrogens is 1340 g/mol. The maximum Gasteiger partial charge on any atom is 0.472 e. The van der Waals surface area contributed by atoms with Crippen molar-refractivity contribution in [2.75, 3.05) is 39.6 Å². The summed E-state index contributed by atoms with van der Waals surface area (Å²) in [5.74, 6) is -1.29. The van der Waals surface area contributed by atoms with E-state index in [9.17, 15) is 43.2 Å². The van der Waals surface area contributed by atoms with Gasteiger partial charge in [0.2, 0.25) is 0 Å². The number of esters is 4. The van der Waals surface area contributed by atoms with Crippen molar-refractivity contribution in [1.29, 1.82) is 0 Å². The molecule has 19 heteroatoms. The van der Waals surface area contributed by atoms with Crippen LogP contribution < -0.4 is 0 Å². The first-order chi connectivity index (χ1) is 50.0. The van der Waals surface area contributed by atoms with Crippen molar-refractivity contribution in [3.63, 3.8) is 0 Å². The third kappa shape index (κ3) is 78.0. The third-order valence-corrected chi connectivity index (χ3v) is 21.7. The number of carbonyl (C=O) groups is 4. The second kappa shape index (κ2) is 76.8. The molecule has 0 bridgehead atoms. The van der Waals surface area contributed by atoms with Gasteiger partial charge < -0.3 is 33.8 Å². The van der Waals surface area contributed by atoms with E-state index in [4.69, 9.17) is 37.0 Å². The zero-order valence-electron chi connectivity index (χ0n) is 67.5. The molecule has 103 heavy (non-hydrogen) atoms.